The van der Waals surface area contributed by atoms with Crippen LogP contribution in [-0.2, 0) is 15.0 Å². The number of nitrogens with one attached hydrogen (secondary N) is 1. The summed E-state index contributed by atoms with van der Waals surface area (Å²) in [5.41, 5.74) is 2.38. The third-order valence-corrected chi connectivity index (χ3v) is 5.91. The molecule has 0 saturated heterocycles. The number of amides is 2. The first-order valence-corrected chi connectivity index (χ1v) is 10.0. The van der Waals surface area contributed by atoms with E-state index in [2.05, 4.69) is 17.3 Å². The van der Waals surface area contributed by atoms with Crippen LogP contribution in [0, 0.1) is 0 Å². The Labute approximate surface area is 169 Å². The minimum atomic E-state index is -1.02. The molecule has 0 aliphatic carbocycles. The standard InChI is InChI=1S/C23H22N4O2/c1-2-3-13-26-19-12-8-7-11-17(19)23(22(26)29)14-20(28)25-21-18(23)15-24-27(21)16-9-5-4-6-10-16/h4-12,15H,2-3,13-14H2,1H3,(H,25,28)/t23-/m1/s1. The fourth-order valence-corrected chi connectivity index (χ4v) is 4.55. The van der Waals surface area contributed by atoms with Gasteiger partial charge in [-0.05, 0) is 30.2 Å². The summed E-state index contributed by atoms with van der Waals surface area (Å²) in [6.07, 6.45) is 3.74. The Morgan fingerprint density at radius 3 is 2.59 bits per heavy atom. The fourth-order valence-electron chi connectivity index (χ4n) is 4.55. The van der Waals surface area contributed by atoms with E-state index in [0.717, 1.165) is 35.3 Å². The van der Waals surface area contributed by atoms with Gasteiger partial charge in [-0.15, -0.1) is 0 Å². The number of hydrogen-bond acceptors (Lipinski definition) is 3. The first-order chi connectivity index (χ1) is 14.2. The SMILES string of the molecule is CCCCN1C(=O)[C@]2(CC(=O)Nc3c2cnn3-c2ccccc2)c2ccccc21. The van der Waals surface area contributed by atoms with E-state index in [4.69, 9.17) is 0 Å². The van der Waals surface area contributed by atoms with Gasteiger partial charge in [-0.1, -0.05) is 49.7 Å². The molecule has 3 heterocycles. The molecule has 0 radical (unpaired) electrons. The molecule has 1 aromatic heterocycles. The minimum Gasteiger partial charge on any atom is -0.311 e. The number of unbranched alkanes of at least 4 members (excludes halogenated alkanes) is 1. The first-order valence-electron chi connectivity index (χ1n) is 10.0. The molecular weight excluding hydrogens is 364 g/mol. The summed E-state index contributed by atoms with van der Waals surface area (Å²) in [5.74, 6) is 0.375. The summed E-state index contributed by atoms with van der Waals surface area (Å²) in [6.45, 7) is 2.76. The van der Waals surface area contributed by atoms with Crippen molar-refractivity contribution in [1.29, 1.82) is 0 Å². The highest BCUT2D eigenvalue weighted by Crippen LogP contribution is 2.52. The second kappa shape index (κ2) is 6.58. The zero-order chi connectivity index (χ0) is 20.0. The number of nitrogens with zero attached hydrogens (tertiary/aromatic N) is 3. The normalized spacial score (nSPS) is 20.0. The Hall–Kier alpha value is -3.41. The third kappa shape index (κ3) is 2.45. The van der Waals surface area contributed by atoms with E-state index >= 15 is 0 Å². The number of fused-ring (bicyclic) bond motifs is 4. The van der Waals surface area contributed by atoms with Gasteiger partial charge in [0.05, 0.1) is 11.9 Å². The van der Waals surface area contributed by atoms with Crippen LogP contribution in [0.1, 0.15) is 37.3 Å². The highest BCUT2D eigenvalue weighted by molar-refractivity contribution is 6.15. The molecule has 1 atom stereocenters. The van der Waals surface area contributed by atoms with Crippen LogP contribution < -0.4 is 10.2 Å². The van der Waals surface area contributed by atoms with E-state index < -0.39 is 5.41 Å². The fraction of sp³-hybridized carbons (Fsp3) is 0.261. The third-order valence-electron chi connectivity index (χ3n) is 5.91. The van der Waals surface area contributed by atoms with Gasteiger partial charge in [0.15, 0.2) is 0 Å². The lowest BCUT2D eigenvalue weighted by molar-refractivity contribution is -0.126. The van der Waals surface area contributed by atoms with Crippen LogP contribution in [-0.4, -0.2) is 28.1 Å². The number of hydrogen-bond donors (Lipinski definition) is 1. The maximum atomic E-state index is 13.8. The molecule has 6 nitrogen and oxygen atoms in total. The molecule has 3 aromatic rings. The molecule has 29 heavy (non-hydrogen) atoms. The number of benzene rings is 2. The zero-order valence-corrected chi connectivity index (χ0v) is 16.3. The molecule has 1 spiro atoms. The number of carbonyl (C=O) groups excluding carboxylic acids is 2. The highest BCUT2D eigenvalue weighted by Gasteiger charge is 2.56. The number of aromatic nitrogens is 2. The van der Waals surface area contributed by atoms with Crippen molar-refractivity contribution in [2.45, 2.75) is 31.6 Å². The maximum absolute atomic E-state index is 13.8. The van der Waals surface area contributed by atoms with Crippen molar-refractivity contribution in [2.75, 3.05) is 16.8 Å². The van der Waals surface area contributed by atoms with Crippen molar-refractivity contribution in [3.63, 3.8) is 0 Å². The lowest BCUT2D eigenvalue weighted by Crippen LogP contribution is -2.46. The van der Waals surface area contributed by atoms with Crippen molar-refractivity contribution in [3.05, 3.63) is 71.9 Å². The summed E-state index contributed by atoms with van der Waals surface area (Å²) in [7, 11) is 0. The number of rotatable bonds is 4. The van der Waals surface area contributed by atoms with Crippen LogP contribution >= 0.6 is 0 Å². The molecular formula is C23H22N4O2. The average Bonchev–Trinajstić information content (AvgIpc) is 3.26. The quantitative estimate of drug-likeness (QED) is 0.744. The molecule has 146 valence electrons. The lowest BCUT2D eigenvalue weighted by atomic mass is 9.72. The van der Waals surface area contributed by atoms with Crippen molar-refractivity contribution in [2.24, 2.45) is 0 Å². The summed E-state index contributed by atoms with van der Waals surface area (Å²) >= 11 is 0. The molecule has 2 aliphatic heterocycles. The van der Waals surface area contributed by atoms with Gasteiger partial charge in [-0.25, -0.2) is 4.68 Å². The second-order valence-electron chi connectivity index (χ2n) is 7.61. The summed E-state index contributed by atoms with van der Waals surface area (Å²) in [4.78, 5) is 28.5. The summed E-state index contributed by atoms with van der Waals surface area (Å²) in [5, 5.41) is 7.51. The lowest BCUT2D eigenvalue weighted by Gasteiger charge is -2.32. The van der Waals surface area contributed by atoms with E-state index in [0.29, 0.717) is 12.4 Å². The van der Waals surface area contributed by atoms with Crippen LogP contribution in [0.15, 0.2) is 60.8 Å². The van der Waals surface area contributed by atoms with Gasteiger partial charge >= 0.3 is 0 Å². The topological polar surface area (TPSA) is 67.2 Å². The van der Waals surface area contributed by atoms with Crippen LogP contribution in [0.5, 0.6) is 0 Å². The van der Waals surface area contributed by atoms with Gasteiger partial charge in [-0.3, -0.25) is 9.59 Å². The number of carbonyl (C=O) groups is 2. The molecule has 0 unspecified atom stereocenters. The van der Waals surface area contributed by atoms with Crippen molar-refractivity contribution in [1.82, 2.24) is 9.78 Å². The largest absolute Gasteiger partial charge is 0.311 e. The van der Waals surface area contributed by atoms with Crippen LogP contribution in [0.25, 0.3) is 5.69 Å². The van der Waals surface area contributed by atoms with Crippen LogP contribution in [0.4, 0.5) is 11.5 Å². The van der Waals surface area contributed by atoms with E-state index in [1.807, 2.05) is 59.5 Å². The maximum Gasteiger partial charge on any atom is 0.242 e. The van der Waals surface area contributed by atoms with E-state index in [1.54, 1.807) is 10.9 Å². The Kier molecular flexibility index (Phi) is 4.01. The Morgan fingerprint density at radius 2 is 1.79 bits per heavy atom. The Bertz CT molecular complexity index is 1110. The van der Waals surface area contributed by atoms with E-state index in [9.17, 15) is 9.59 Å². The van der Waals surface area contributed by atoms with Crippen LogP contribution in [0.3, 0.4) is 0 Å². The Balaban J connectivity index is 1.72. The van der Waals surface area contributed by atoms with Gasteiger partial charge in [0.2, 0.25) is 11.8 Å². The number of anilines is 2. The zero-order valence-electron chi connectivity index (χ0n) is 16.3. The van der Waals surface area contributed by atoms with Crippen molar-refractivity contribution >= 4 is 23.3 Å². The predicted octanol–water partition coefficient (Wildman–Crippen LogP) is 3.65. The monoisotopic (exact) mass is 386 g/mol. The minimum absolute atomic E-state index is 0.0316. The second-order valence-corrected chi connectivity index (χ2v) is 7.61. The average molecular weight is 386 g/mol. The molecule has 5 rings (SSSR count). The smallest absolute Gasteiger partial charge is 0.242 e. The highest BCUT2D eigenvalue weighted by atomic mass is 16.2. The van der Waals surface area contributed by atoms with Crippen molar-refractivity contribution in [3.8, 4) is 5.69 Å². The summed E-state index contributed by atoms with van der Waals surface area (Å²) in [6, 6.07) is 17.5. The molecule has 0 fully saturated rings. The summed E-state index contributed by atoms with van der Waals surface area (Å²) < 4.78 is 1.71. The van der Waals surface area contributed by atoms with Gasteiger partial charge in [0.1, 0.15) is 11.2 Å². The van der Waals surface area contributed by atoms with Crippen LogP contribution in [0.2, 0.25) is 0 Å². The van der Waals surface area contributed by atoms with Gasteiger partial charge in [-0.2, -0.15) is 5.10 Å². The van der Waals surface area contributed by atoms with Crippen molar-refractivity contribution < 1.29 is 9.59 Å². The first kappa shape index (κ1) is 17.7. The molecule has 1 N–H and O–H groups in total. The molecule has 6 heteroatoms. The molecule has 0 saturated carbocycles. The van der Waals surface area contributed by atoms with E-state index in [-0.39, 0.29) is 18.2 Å². The van der Waals surface area contributed by atoms with E-state index in [1.165, 1.54) is 0 Å². The molecule has 2 aliphatic rings. The molecule has 2 amide bonds. The Morgan fingerprint density at radius 1 is 1.03 bits per heavy atom. The molecule has 2 aromatic carbocycles. The number of para-hydroxylation sites is 2. The van der Waals surface area contributed by atoms with Gasteiger partial charge < -0.3 is 10.2 Å². The van der Waals surface area contributed by atoms with Gasteiger partial charge in [0, 0.05) is 24.2 Å². The molecule has 0 bridgehead atoms. The predicted molar refractivity (Wildman–Crippen MR) is 111 cm³/mol. The van der Waals surface area contributed by atoms with Gasteiger partial charge in [0.25, 0.3) is 0 Å².